The van der Waals surface area contributed by atoms with Gasteiger partial charge in [-0.3, -0.25) is 0 Å². The van der Waals surface area contributed by atoms with E-state index in [2.05, 4.69) is 4.72 Å². The van der Waals surface area contributed by atoms with Crippen LogP contribution >= 0.6 is 0 Å². The lowest BCUT2D eigenvalue weighted by atomic mass is 10.1. The fourth-order valence-corrected chi connectivity index (χ4v) is 2.65. The number of hydrogen-bond acceptors (Lipinski definition) is 3. The maximum absolute atomic E-state index is 13.3. The fourth-order valence-electron chi connectivity index (χ4n) is 1.67. The Labute approximate surface area is 143 Å². The van der Waals surface area contributed by atoms with E-state index in [4.69, 9.17) is 5.11 Å². The minimum absolute atomic E-state index is 0.0280. The molecular formula is C11H17F9N2O3S. The first-order chi connectivity index (χ1) is 11.3. The molecule has 0 aromatic heterocycles. The zero-order valence-corrected chi connectivity index (χ0v) is 14.3. The van der Waals surface area contributed by atoms with E-state index < -0.39 is 39.8 Å². The molecule has 0 bridgehead atoms. The Morgan fingerprint density at radius 2 is 1.35 bits per heavy atom. The van der Waals surface area contributed by atoms with Crippen molar-refractivity contribution in [2.45, 2.75) is 29.7 Å². The van der Waals surface area contributed by atoms with Crippen LogP contribution in [-0.4, -0.2) is 81.6 Å². The maximum Gasteiger partial charge on any atom is 0.460 e. The van der Waals surface area contributed by atoms with Crippen molar-refractivity contribution in [3.63, 3.8) is 0 Å². The molecule has 0 aliphatic heterocycles. The van der Waals surface area contributed by atoms with Crippen LogP contribution in [0.15, 0.2) is 0 Å². The third-order valence-corrected chi connectivity index (χ3v) is 4.75. The highest BCUT2D eigenvalue weighted by atomic mass is 32.2. The minimum Gasteiger partial charge on any atom is -0.543 e. The fraction of sp³-hybridized carbons (Fsp3) is 1.00. The van der Waals surface area contributed by atoms with Crippen molar-refractivity contribution in [1.82, 2.24) is 0 Å². The van der Waals surface area contributed by atoms with Crippen LogP contribution in [0.1, 0.15) is 6.42 Å². The Bertz CT molecular complexity index is 576. The van der Waals surface area contributed by atoms with Crippen molar-refractivity contribution in [2.75, 3.05) is 40.3 Å². The molecule has 0 aliphatic rings. The molecule has 0 saturated carbocycles. The summed E-state index contributed by atoms with van der Waals surface area (Å²) in [5.41, 5.74) is 0. The topological polar surface area (TPSA) is 68.5 Å². The number of aliphatic hydroxyl groups is 1. The van der Waals surface area contributed by atoms with Crippen LogP contribution in [0, 0.1) is 0 Å². The molecule has 26 heavy (non-hydrogen) atoms. The molecule has 0 fully saturated rings. The standard InChI is InChI=1S/C11H17F9N2O3S/c1-22(2,6-7-23)5-3-4-21-26(24,25)11(19,20)9(14,15)8(12,13)10(16,17)18/h23H,3-7H2,1-2H3. The van der Waals surface area contributed by atoms with E-state index in [0.717, 1.165) is 0 Å². The summed E-state index contributed by atoms with van der Waals surface area (Å²) in [6, 6.07) is 0. The highest BCUT2D eigenvalue weighted by Crippen LogP contribution is 2.55. The zero-order chi connectivity index (χ0) is 21.2. The van der Waals surface area contributed by atoms with E-state index in [9.17, 15) is 47.9 Å². The largest absolute Gasteiger partial charge is 0.543 e. The van der Waals surface area contributed by atoms with E-state index >= 15 is 0 Å². The van der Waals surface area contributed by atoms with Gasteiger partial charge in [-0.2, -0.15) is 39.5 Å². The van der Waals surface area contributed by atoms with Gasteiger partial charge in [0.15, 0.2) is 0 Å². The number of sulfonamides is 1. The van der Waals surface area contributed by atoms with E-state index in [-0.39, 0.29) is 30.6 Å². The van der Waals surface area contributed by atoms with Crippen LogP contribution in [-0.2, 0) is 10.0 Å². The molecule has 0 heterocycles. The van der Waals surface area contributed by atoms with Crippen molar-refractivity contribution in [3.8, 4) is 0 Å². The first kappa shape index (κ1) is 25.2. The zero-order valence-electron chi connectivity index (χ0n) is 13.5. The van der Waals surface area contributed by atoms with Gasteiger partial charge in [0.1, 0.15) is 16.6 Å². The smallest absolute Gasteiger partial charge is 0.460 e. The van der Waals surface area contributed by atoms with E-state index in [1.807, 2.05) is 0 Å². The summed E-state index contributed by atoms with van der Waals surface area (Å²) in [6.45, 7) is -1.13. The van der Waals surface area contributed by atoms with Gasteiger partial charge in [-0.25, -0.2) is 8.42 Å². The SMILES string of the molecule is C[N+](C)(CCO)CCC[N-]S(=O)(=O)C(F)(F)C(F)(F)C(F)(F)C(F)(F)F. The number of likely N-dealkylation sites (N-methyl/N-ethyl adjacent to an activating group) is 1. The van der Waals surface area contributed by atoms with Crippen LogP contribution < -0.4 is 0 Å². The normalized spacial score (nSPS) is 15.4. The molecule has 5 nitrogen and oxygen atoms in total. The third kappa shape index (κ3) is 4.92. The predicted octanol–water partition coefficient (Wildman–Crippen LogP) is 2.57. The lowest BCUT2D eigenvalue weighted by Crippen LogP contribution is -2.63. The maximum atomic E-state index is 13.3. The van der Waals surface area contributed by atoms with Gasteiger partial charge in [0, 0.05) is 0 Å². The molecular weight excluding hydrogens is 411 g/mol. The molecule has 0 rings (SSSR count). The Balaban J connectivity index is 5.28. The van der Waals surface area contributed by atoms with E-state index in [1.165, 1.54) is 14.1 Å². The van der Waals surface area contributed by atoms with E-state index in [1.54, 1.807) is 0 Å². The van der Waals surface area contributed by atoms with Gasteiger partial charge in [0.25, 0.3) is 0 Å². The van der Waals surface area contributed by atoms with Gasteiger partial charge < -0.3 is 14.3 Å². The Kier molecular flexibility index (Phi) is 7.44. The molecule has 0 radical (unpaired) electrons. The Hall–Kier alpha value is -0.800. The summed E-state index contributed by atoms with van der Waals surface area (Å²) in [5, 5.41) is 1.96. The van der Waals surface area contributed by atoms with Crippen LogP contribution in [0.5, 0.6) is 0 Å². The number of aliphatic hydroxyl groups excluding tert-OH is 1. The highest BCUT2D eigenvalue weighted by molar-refractivity contribution is 7.95. The summed E-state index contributed by atoms with van der Waals surface area (Å²) < 4.78 is 139. The van der Waals surface area contributed by atoms with Gasteiger partial charge in [-0.15, -0.1) is 6.54 Å². The number of quaternary nitrogens is 1. The average Bonchev–Trinajstić information content (AvgIpc) is 2.41. The highest BCUT2D eigenvalue weighted by Gasteiger charge is 2.83. The van der Waals surface area contributed by atoms with Crippen LogP contribution in [0.25, 0.3) is 4.72 Å². The third-order valence-electron chi connectivity index (χ3n) is 3.33. The minimum atomic E-state index is -7.30. The lowest BCUT2D eigenvalue weighted by Gasteiger charge is -2.37. The van der Waals surface area contributed by atoms with Crippen LogP contribution in [0.2, 0.25) is 0 Å². The quantitative estimate of drug-likeness (QED) is 0.331. The molecule has 0 atom stereocenters. The molecule has 0 saturated heterocycles. The summed E-state index contributed by atoms with van der Waals surface area (Å²) in [6.07, 6.45) is -7.41. The van der Waals surface area contributed by atoms with Crippen molar-refractivity contribution in [3.05, 3.63) is 4.72 Å². The predicted molar refractivity (Wildman–Crippen MR) is 71.6 cm³/mol. The number of halogens is 9. The van der Waals surface area contributed by atoms with Gasteiger partial charge in [0.2, 0.25) is 0 Å². The Morgan fingerprint density at radius 3 is 1.73 bits per heavy atom. The van der Waals surface area contributed by atoms with Gasteiger partial charge >= 0.3 is 23.3 Å². The molecule has 0 unspecified atom stereocenters. The van der Waals surface area contributed by atoms with E-state index in [0.29, 0.717) is 0 Å². The van der Waals surface area contributed by atoms with Crippen molar-refractivity contribution < 1.29 is 57.5 Å². The second kappa shape index (κ2) is 7.67. The number of alkyl halides is 9. The first-order valence-corrected chi connectivity index (χ1v) is 8.27. The lowest BCUT2D eigenvalue weighted by molar-refractivity contribution is -0.890. The molecule has 0 aromatic rings. The number of nitrogens with zero attached hydrogens (tertiary/aromatic N) is 2. The summed E-state index contributed by atoms with van der Waals surface area (Å²) in [4.78, 5) is 0. The van der Waals surface area contributed by atoms with Crippen molar-refractivity contribution >= 4 is 10.0 Å². The van der Waals surface area contributed by atoms with Crippen molar-refractivity contribution in [2.24, 2.45) is 0 Å². The van der Waals surface area contributed by atoms with Crippen LogP contribution in [0.3, 0.4) is 0 Å². The summed E-state index contributed by atoms with van der Waals surface area (Å²) >= 11 is 0. The second-order valence-corrected chi connectivity index (χ2v) is 7.67. The molecule has 0 aromatic carbocycles. The molecule has 0 spiro atoms. The second-order valence-electron chi connectivity index (χ2n) is 5.95. The monoisotopic (exact) mass is 428 g/mol. The molecule has 158 valence electrons. The molecule has 0 aliphatic carbocycles. The van der Waals surface area contributed by atoms with Crippen LogP contribution in [0.4, 0.5) is 39.5 Å². The van der Waals surface area contributed by atoms with Crippen molar-refractivity contribution in [1.29, 1.82) is 0 Å². The molecule has 15 heteroatoms. The number of hydrogen-bond donors (Lipinski definition) is 1. The first-order valence-electron chi connectivity index (χ1n) is 6.83. The average molecular weight is 428 g/mol. The molecule has 0 amide bonds. The van der Waals surface area contributed by atoms with Gasteiger partial charge in [-0.05, 0) is 6.42 Å². The summed E-state index contributed by atoms with van der Waals surface area (Å²) in [5.74, 6) is -14.6. The molecule has 1 N–H and O–H groups in total. The number of rotatable bonds is 10. The van der Waals surface area contributed by atoms with Gasteiger partial charge in [0.05, 0.1) is 27.2 Å². The van der Waals surface area contributed by atoms with Gasteiger partial charge in [-0.1, -0.05) is 0 Å². The summed E-state index contributed by atoms with van der Waals surface area (Å²) in [7, 11) is -3.61. The Morgan fingerprint density at radius 1 is 0.885 bits per heavy atom.